The zero-order chi connectivity index (χ0) is 17.3. The number of carbonyl (C=O) groups is 1. The van der Waals surface area contributed by atoms with Crippen molar-refractivity contribution in [2.75, 3.05) is 13.1 Å². The van der Waals surface area contributed by atoms with Crippen molar-refractivity contribution in [1.82, 2.24) is 10.1 Å². The number of aliphatic hydroxyl groups is 1. The van der Waals surface area contributed by atoms with Crippen LogP contribution in [0.5, 0.6) is 0 Å². The maximum Gasteiger partial charge on any atom is 0.253 e. The number of aliphatic hydroxyl groups excluding tert-OH is 1. The van der Waals surface area contributed by atoms with E-state index in [4.69, 9.17) is 4.52 Å². The van der Waals surface area contributed by atoms with Crippen LogP contribution in [-0.4, -0.2) is 40.3 Å². The normalized spacial score (nSPS) is 20.8. The van der Waals surface area contributed by atoms with Gasteiger partial charge in [0.1, 0.15) is 5.76 Å². The van der Waals surface area contributed by atoms with E-state index in [0.29, 0.717) is 31.0 Å². The third kappa shape index (κ3) is 3.51. The van der Waals surface area contributed by atoms with E-state index in [9.17, 15) is 9.90 Å². The summed E-state index contributed by atoms with van der Waals surface area (Å²) in [5.41, 5.74) is 2.66. The van der Waals surface area contributed by atoms with Crippen LogP contribution < -0.4 is 0 Å². The van der Waals surface area contributed by atoms with Gasteiger partial charge in [-0.3, -0.25) is 4.79 Å². The summed E-state index contributed by atoms with van der Waals surface area (Å²) in [6.07, 6.45) is 0.0605. The lowest BCUT2D eigenvalue weighted by Gasteiger charge is -2.17. The summed E-state index contributed by atoms with van der Waals surface area (Å²) in [4.78, 5) is 14.5. The fraction of sp³-hybridized carbons (Fsp3) is 0.474. The van der Waals surface area contributed by atoms with Crippen LogP contribution >= 0.6 is 0 Å². The Morgan fingerprint density at radius 3 is 2.83 bits per heavy atom. The first kappa shape index (κ1) is 16.7. The standard InChI is InChI=1S/C19H24N2O3/c1-12(2)14-5-4-6-15(8-14)19(23)21-10-16(18(22)11-21)9-17-7-13(3)20-24-17/h4-8,12,16,18,22H,9-11H2,1-3H3. The summed E-state index contributed by atoms with van der Waals surface area (Å²) in [6.45, 7) is 6.99. The smallest absolute Gasteiger partial charge is 0.253 e. The molecule has 2 aromatic rings. The first-order valence-corrected chi connectivity index (χ1v) is 8.43. The fourth-order valence-electron chi connectivity index (χ4n) is 3.20. The molecular weight excluding hydrogens is 304 g/mol. The molecule has 2 unspecified atom stereocenters. The number of aromatic nitrogens is 1. The molecule has 1 saturated heterocycles. The summed E-state index contributed by atoms with van der Waals surface area (Å²) >= 11 is 0. The van der Waals surface area contributed by atoms with Crippen LogP contribution in [0.15, 0.2) is 34.9 Å². The molecule has 24 heavy (non-hydrogen) atoms. The molecule has 1 aromatic carbocycles. The molecule has 128 valence electrons. The van der Waals surface area contributed by atoms with Gasteiger partial charge < -0.3 is 14.5 Å². The van der Waals surface area contributed by atoms with Crippen molar-refractivity contribution in [2.24, 2.45) is 5.92 Å². The highest BCUT2D eigenvalue weighted by Crippen LogP contribution is 2.24. The maximum atomic E-state index is 12.7. The fourth-order valence-corrected chi connectivity index (χ4v) is 3.20. The van der Waals surface area contributed by atoms with E-state index in [0.717, 1.165) is 17.0 Å². The number of amides is 1. The molecule has 0 radical (unpaired) electrons. The molecule has 1 aromatic heterocycles. The summed E-state index contributed by atoms with van der Waals surface area (Å²) < 4.78 is 5.23. The lowest BCUT2D eigenvalue weighted by Crippen LogP contribution is -2.29. The number of β-amino-alcohol motifs (C(OH)–C–C–N with tert-alkyl or cyclic N) is 1. The zero-order valence-corrected chi connectivity index (χ0v) is 14.4. The molecule has 5 nitrogen and oxygen atoms in total. The van der Waals surface area contributed by atoms with Crippen molar-refractivity contribution in [3.8, 4) is 0 Å². The third-order valence-corrected chi connectivity index (χ3v) is 4.63. The number of benzene rings is 1. The van der Waals surface area contributed by atoms with Crippen LogP contribution in [0.2, 0.25) is 0 Å². The molecule has 0 aliphatic carbocycles. The number of aryl methyl sites for hydroxylation is 1. The van der Waals surface area contributed by atoms with Gasteiger partial charge in [-0.2, -0.15) is 0 Å². The molecule has 5 heteroatoms. The molecule has 0 bridgehead atoms. The van der Waals surface area contributed by atoms with Gasteiger partial charge in [0.15, 0.2) is 0 Å². The number of hydrogen-bond donors (Lipinski definition) is 1. The van der Waals surface area contributed by atoms with Crippen molar-refractivity contribution < 1.29 is 14.4 Å². The molecule has 0 spiro atoms. The average molecular weight is 328 g/mol. The molecule has 2 atom stereocenters. The highest BCUT2D eigenvalue weighted by Gasteiger charge is 2.35. The van der Waals surface area contributed by atoms with Gasteiger partial charge in [-0.25, -0.2) is 0 Å². The summed E-state index contributed by atoms with van der Waals surface area (Å²) in [5.74, 6) is 1.10. The van der Waals surface area contributed by atoms with Crippen LogP contribution in [0.4, 0.5) is 0 Å². The Labute approximate surface area is 142 Å². The highest BCUT2D eigenvalue weighted by atomic mass is 16.5. The monoisotopic (exact) mass is 328 g/mol. The van der Waals surface area contributed by atoms with E-state index in [1.807, 2.05) is 37.3 Å². The number of hydrogen-bond acceptors (Lipinski definition) is 4. The molecule has 1 amide bonds. The van der Waals surface area contributed by atoms with E-state index in [2.05, 4.69) is 19.0 Å². The van der Waals surface area contributed by atoms with Gasteiger partial charge in [0.2, 0.25) is 0 Å². The van der Waals surface area contributed by atoms with Gasteiger partial charge in [0.25, 0.3) is 5.91 Å². The van der Waals surface area contributed by atoms with Crippen LogP contribution in [0.3, 0.4) is 0 Å². The van der Waals surface area contributed by atoms with Gasteiger partial charge in [0.05, 0.1) is 11.8 Å². The minimum Gasteiger partial charge on any atom is -0.391 e. The SMILES string of the molecule is Cc1cc(CC2CN(C(=O)c3cccc(C(C)C)c3)CC2O)on1. The Kier molecular flexibility index (Phi) is 4.71. The molecule has 3 rings (SSSR count). The lowest BCUT2D eigenvalue weighted by molar-refractivity contribution is 0.0764. The van der Waals surface area contributed by atoms with Crippen LogP contribution in [0.1, 0.15) is 47.1 Å². The van der Waals surface area contributed by atoms with Gasteiger partial charge in [-0.15, -0.1) is 0 Å². The largest absolute Gasteiger partial charge is 0.391 e. The van der Waals surface area contributed by atoms with Crippen molar-refractivity contribution in [3.63, 3.8) is 0 Å². The number of likely N-dealkylation sites (tertiary alicyclic amines) is 1. The van der Waals surface area contributed by atoms with Crippen LogP contribution in [0, 0.1) is 12.8 Å². The van der Waals surface area contributed by atoms with Crippen molar-refractivity contribution in [2.45, 2.75) is 39.2 Å². The predicted octanol–water partition coefficient (Wildman–Crippen LogP) is 2.78. The Balaban J connectivity index is 1.69. The van der Waals surface area contributed by atoms with Crippen molar-refractivity contribution in [3.05, 3.63) is 52.9 Å². The quantitative estimate of drug-likeness (QED) is 0.937. The van der Waals surface area contributed by atoms with Crippen molar-refractivity contribution >= 4 is 5.91 Å². The second kappa shape index (κ2) is 6.77. The highest BCUT2D eigenvalue weighted by molar-refractivity contribution is 5.94. The Bertz CT molecular complexity index is 723. The molecule has 1 aliphatic rings. The first-order valence-electron chi connectivity index (χ1n) is 8.43. The molecule has 1 fully saturated rings. The summed E-state index contributed by atoms with van der Waals surface area (Å²) in [7, 11) is 0. The van der Waals surface area contributed by atoms with Crippen molar-refractivity contribution in [1.29, 1.82) is 0 Å². The average Bonchev–Trinajstić information content (AvgIpc) is 3.13. The van der Waals surface area contributed by atoms with Gasteiger partial charge in [-0.05, 0) is 30.5 Å². The predicted molar refractivity (Wildman–Crippen MR) is 90.9 cm³/mol. The van der Waals surface area contributed by atoms with E-state index >= 15 is 0 Å². The van der Waals surface area contributed by atoms with E-state index < -0.39 is 6.10 Å². The molecule has 0 saturated carbocycles. The molecular formula is C19H24N2O3. The van der Waals surface area contributed by atoms with Gasteiger partial charge >= 0.3 is 0 Å². The minimum absolute atomic E-state index is 0.0189. The molecule has 1 aliphatic heterocycles. The summed E-state index contributed by atoms with van der Waals surface area (Å²) in [5, 5.41) is 14.2. The van der Waals surface area contributed by atoms with E-state index in [1.54, 1.807) is 4.90 Å². The number of rotatable bonds is 4. The summed E-state index contributed by atoms with van der Waals surface area (Å²) in [6, 6.07) is 9.63. The molecule has 2 heterocycles. The lowest BCUT2D eigenvalue weighted by atomic mass is 10.00. The van der Waals surface area contributed by atoms with Crippen LogP contribution in [0.25, 0.3) is 0 Å². The van der Waals surface area contributed by atoms with E-state index in [1.165, 1.54) is 0 Å². The maximum absolute atomic E-state index is 12.7. The third-order valence-electron chi connectivity index (χ3n) is 4.63. The molecule has 1 N–H and O–H groups in total. The van der Waals surface area contributed by atoms with Gasteiger partial charge in [0, 0.05) is 37.1 Å². The minimum atomic E-state index is -0.535. The van der Waals surface area contributed by atoms with E-state index in [-0.39, 0.29) is 11.8 Å². The second-order valence-electron chi connectivity index (χ2n) is 6.96. The Morgan fingerprint density at radius 2 is 2.17 bits per heavy atom. The second-order valence-corrected chi connectivity index (χ2v) is 6.96. The Morgan fingerprint density at radius 1 is 1.38 bits per heavy atom. The zero-order valence-electron chi connectivity index (χ0n) is 14.4. The number of carbonyl (C=O) groups excluding carboxylic acids is 1. The topological polar surface area (TPSA) is 66.6 Å². The first-order chi connectivity index (χ1) is 11.4. The number of nitrogens with zero attached hydrogens (tertiary/aromatic N) is 2. The Hall–Kier alpha value is -2.14. The van der Waals surface area contributed by atoms with Crippen LogP contribution in [-0.2, 0) is 6.42 Å². The van der Waals surface area contributed by atoms with Gasteiger partial charge in [-0.1, -0.05) is 31.1 Å².